The molecule has 1 heterocycles. The molecule has 0 spiro atoms. The summed E-state index contributed by atoms with van der Waals surface area (Å²) in [5.74, 6) is 1.76. The summed E-state index contributed by atoms with van der Waals surface area (Å²) in [5, 5.41) is 2.25. The van der Waals surface area contributed by atoms with Crippen LogP contribution in [0.2, 0.25) is 0 Å². The summed E-state index contributed by atoms with van der Waals surface area (Å²) < 4.78 is 6.14. The molecule has 0 saturated heterocycles. The Kier molecular flexibility index (Phi) is 4.30. The summed E-state index contributed by atoms with van der Waals surface area (Å²) in [4.78, 5) is 0. The summed E-state index contributed by atoms with van der Waals surface area (Å²) in [6, 6.07) is 28.8. The van der Waals surface area contributed by atoms with Gasteiger partial charge in [0.05, 0.1) is 0 Å². The molecule has 25 heavy (non-hydrogen) atoms. The first kappa shape index (κ1) is 15.2. The molecule has 3 aromatic carbocycles. The summed E-state index contributed by atoms with van der Waals surface area (Å²) in [6.45, 7) is 0. The summed E-state index contributed by atoms with van der Waals surface area (Å²) in [5.41, 5.74) is 2.31. The second-order valence-corrected chi connectivity index (χ2v) is 5.86. The molecule has 0 saturated carbocycles. The van der Waals surface area contributed by atoms with Crippen LogP contribution in [0.1, 0.15) is 22.6 Å². The van der Waals surface area contributed by atoms with Crippen molar-refractivity contribution in [2.24, 2.45) is 0 Å². The maximum Gasteiger partial charge on any atom is 0.135 e. The molecule has 0 aliphatic carbocycles. The van der Waals surface area contributed by atoms with Gasteiger partial charge in [-0.25, -0.2) is 0 Å². The third kappa shape index (κ3) is 3.46. The van der Waals surface area contributed by atoms with Gasteiger partial charge in [-0.3, -0.25) is 0 Å². The van der Waals surface area contributed by atoms with E-state index in [0.717, 1.165) is 33.4 Å². The SMILES string of the molecule is C(=C\c1oc(/C=C/c2ccccc2)c2ccccc12)/c1ccccc1. The Morgan fingerprint density at radius 2 is 0.840 bits per heavy atom. The van der Waals surface area contributed by atoms with Crippen LogP contribution < -0.4 is 0 Å². The molecule has 0 amide bonds. The van der Waals surface area contributed by atoms with Crippen LogP contribution in [0.15, 0.2) is 89.3 Å². The van der Waals surface area contributed by atoms with Crippen LogP contribution in [0.4, 0.5) is 0 Å². The molecule has 0 aliphatic rings. The van der Waals surface area contributed by atoms with Gasteiger partial charge in [0.25, 0.3) is 0 Å². The predicted octanol–water partition coefficient (Wildman–Crippen LogP) is 6.77. The third-order valence-corrected chi connectivity index (χ3v) is 4.13. The van der Waals surface area contributed by atoms with Crippen LogP contribution in [-0.4, -0.2) is 0 Å². The fourth-order valence-electron chi connectivity index (χ4n) is 2.86. The van der Waals surface area contributed by atoms with Crippen LogP contribution in [0.3, 0.4) is 0 Å². The topological polar surface area (TPSA) is 13.1 Å². The van der Waals surface area contributed by atoms with E-state index < -0.39 is 0 Å². The van der Waals surface area contributed by atoms with Crippen molar-refractivity contribution in [1.82, 2.24) is 0 Å². The molecule has 0 atom stereocenters. The second-order valence-electron chi connectivity index (χ2n) is 5.86. The number of rotatable bonds is 4. The zero-order chi connectivity index (χ0) is 16.9. The minimum atomic E-state index is 0.882. The first-order chi connectivity index (χ1) is 12.4. The third-order valence-electron chi connectivity index (χ3n) is 4.13. The maximum atomic E-state index is 6.14. The number of hydrogen-bond donors (Lipinski definition) is 0. The first-order valence-electron chi connectivity index (χ1n) is 8.38. The molecule has 0 radical (unpaired) electrons. The van der Waals surface area contributed by atoms with Gasteiger partial charge in [0.15, 0.2) is 0 Å². The van der Waals surface area contributed by atoms with Crippen LogP contribution in [0.25, 0.3) is 35.1 Å². The van der Waals surface area contributed by atoms with Gasteiger partial charge in [0, 0.05) is 10.8 Å². The van der Waals surface area contributed by atoms with Crippen molar-refractivity contribution in [3.05, 3.63) is 108 Å². The number of fused-ring (bicyclic) bond motifs is 1. The Morgan fingerprint density at radius 3 is 1.28 bits per heavy atom. The number of benzene rings is 3. The highest BCUT2D eigenvalue weighted by molar-refractivity contribution is 5.97. The Labute approximate surface area is 147 Å². The molecule has 0 fully saturated rings. The lowest BCUT2D eigenvalue weighted by Crippen LogP contribution is -1.70. The minimum absolute atomic E-state index is 0.882. The molecule has 120 valence electrons. The molecule has 4 aromatic rings. The highest BCUT2D eigenvalue weighted by Gasteiger charge is 2.08. The molecule has 1 aromatic heterocycles. The van der Waals surface area contributed by atoms with Gasteiger partial charge >= 0.3 is 0 Å². The van der Waals surface area contributed by atoms with E-state index in [1.165, 1.54) is 0 Å². The zero-order valence-electron chi connectivity index (χ0n) is 13.8. The molecule has 1 nitrogen and oxygen atoms in total. The zero-order valence-corrected chi connectivity index (χ0v) is 13.8. The lowest BCUT2D eigenvalue weighted by Gasteiger charge is -1.92. The second kappa shape index (κ2) is 7.06. The Hall–Kier alpha value is -3.32. The van der Waals surface area contributed by atoms with E-state index in [1.807, 2.05) is 60.7 Å². The van der Waals surface area contributed by atoms with E-state index in [0.29, 0.717) is 0 Å². The summed E-state index contributed by atoms with van der Waals surface area (Å²) in [7, 11) is 0. The molecule has 1 heteroatoms. The van der Waals surface area contributed by atoms with E-state index in [2.05, 4.69) is 48.6 Å². The van der Waals surface area contributed by atoms with Crippen molar-refractivity contribution < 1.29 is 4.42 Å². The lowest BCUT2D eigenvalue weighted by molar-refractivity contribution is 0.553. The molecule has 0 aliphatic heterocycles. The van der Waals surface area contributed by atoms with E-state index in [1.54, 1.807) is 0 Å². The van der Waals surface area contributed by atoms with Crippen LogP contribution in [0, 0.1) is 0 Å². The van der Waals surface area contributed by atoms with E-state index in [-0.39, 0.29) is 0 Å². The quantitative estimate of drug-likeness (QED) is 0.404. The number of hydrogen-bond acceptors (Lipinski definition) is 1. The van der Waals surface area contributed by atoms with E-state index >= 15 is 0 Å². The smallest absolute Gasteiger partial charge is 0.135 e. The van der Waals surface area contributed by atoms with Gasteiger partial charge in [0.1, 0.15) is 11.5 Å². The lowest BCUT2D eigenvalue weighted by atomic mass is 10.1. The van der Waals surface area contributed by atoms with Gasteiger partial charge in [-0.2, -0.15) is 0 Å². The molecule has 4 rings (SSSR count). The number of furan rings is 1. The van der Waals surface area contributed by atoms with Crippen molar-refractivity contribution in [2.45, 2.75) is 0 Å². The fraction of sp³-hybridized carbons (Fsp3) is 0. The molecule has 0 N–H and O–H groups in total. The van der Waals surface area contributed by atoms with Crippen molar-refractivity contribution in [2.75, 3.05) is 0 Å². The van der Waals surface area contributed by atoms with Crippen LogP contribution in [0.5, 0.6) is 0 Å². The summed E-state index contributed by atoms with van der Waals surface area (Å²) >= 11 is 0. The van der Waals surface area contributed by atoms with Crippen molar-refractivity contribution in [3.8, 4) is 0 Å². The van der Waals surface area contributed by atoms with Crippen molar-refractivity contribution >= 4 is 35.1 Å². The first-order valence-corrected chi connectivity index (χ1v) is 8.38. The van der Waals surface area contributed by atoms with E-state index in [9.17, 15) is 0 Å². The molecule has 0 unspecified atom stereocenters. The predicted molar refractivity (Wildman–Crippen MR) is 107 cm³/mol. The highest BCUT2D eigenvalue weighted by Crippen LogP contribution is 2.29. The van der Waals surface area contributed by atoms with Crippen LogP contribution >= 0.6 is 0 Å². The van der Waals surface area contributed by atoms with Gasteiger partial charge in [-0.05, 0) is 23.3 Å². The van der Waals surface area contributed by atoms with Gasteiger partial charge < -0.3 is 4.42 Å². The Morgan fingerprint density at radius 1 is 0.440 bits per heavy atom. The van der Waals surface area contributed by atoms with Gasteiger partial charge in [-0.1, -0.05) is 97.1 Å². The average molecular weight is 322 g/mol. The fourth-order valence-corrected chi connectivity index (χ4v) is 2.86. The highest BCUT2D eigenvalue weighted by atomic mass is 16.3. The van der Waals surface area contributed by atoms with E-state index in [4.69, 9.17) is 4.42 Å². The maximum absolute atomic E-state index is 6.14. The molecular formula is C24H18O. The molecular weight excluding hydrogens is 304 g/mol. The standard InChI is InChI=1S/C24H18O/c1-3-9-19(10-4-1)15-17-23-21-13-7-8-14-22(21)24(25-23)18-16-20-11-5-2-6-12-20/h1-18H/b17-15+,18-16+. The van der Waals surface area contributed by atoms with Gasteiger partial charge in [-0.15, -0.1) is 0 Å². The average Bonchev–Trinajstić information content (AvgIpc) is 3.04. The minimum Gasteiger partial charge on any atom is -0.456 e. The Balaban J connectivity index is 1.71. The van der Waals surface area contributed by atoms with Crippen molar-refractivity contribution in [3.63, 3.8) is 0 Å². The largest absolute Gasteiger partial charge is 0.456 e. The van der Waals surface area contributed by atoms with Gasteiger partial charge in [0.2, 0.25) is 0 Å². The van der Waals surface area contributed by atoms with Crippen molar-refractivity contribution in [1.29, 1.82) is 0 Å². The molecule has 0 bridgehead atoms. The normalized spacial score (nSPS) is 11.7. The van der Waals surface area contributed by atoms with Crippen LogP contribution in [-0.2, 0) is 0 Å². The Bertz CT molecular complexity index is 938. The summed E-state index contributed by atoms with van der Waals surface area (Å²) in [6.07, 6.45) is 8.24. The monoisotopic (exact) mass is 322 g/mol.